The van der Waals surface area contributed by atoms with Gasteiger partial charge in [-0.2, -0.15) is 10.2 Å². The summed E-state index contributed by atoms with van der Waals surface area (Å²) < 4.78 is 0. The van der Waals surface area contributed by atoms with Crippen LogP contribution < -0.4 is 0 Å². The lowest BCUT2D eigenvalue weighted by Gasteiger charge is -2.04. The van der Waals surface area contributed by atoms with Crippen LogP contribution in [-0.2, 0) is 0 Å². The normalized spacial score (nSPS) is 10.8. The molecule has 2 aromatic rings. The van der Waals surface area contributed by atoms with Crippen LogP contribution in [0.4, 0.5) is 5.69 Å². The minimum Gasteiger partial charge on any atom is -0.287 e. The lowest BCUT2D eigenvalue weighted by Crippen LogP contribution is -2.04. The van der Waals surface area contributed by atoms with Crippen LogP contribution in [0.5, 0.6) is 0 Å². The van der Waals surface area contributed by atoms with Crippen molar-refractivity contribution in [3.05, 3.63) is 58.9 Å². The van der Waals surface area contributed by atoms with Gasteiger partial charge in [-0.3, -0.25) is 4.79 Å². The Morgan fingerprint density at radius 1 is 1.21 bits per heavy atom. The van der Waals surface area contributed by atoms with Gasteiger partial charge in [-0.1, -0.05) is 41.9 Å². The molecular weight excluding hydrogens is 262 g/mol. The largest absolute Gasteiger partial charge is 0.287 e. The number of nitrogens with zero attached hydrogens (tertiary/aromatic N) is 3. The highest BCUT2D eigenvalue weighted by Crippen LogP contribution is 2.23. The Bertz CT molecular complexity index is 611. The number of pyridine rings is 1. The van der Waals surface area contributed by atoms with Crippen molar-refractivity contribution in [2.45, 2.75) is 6.92 Å². The summed E-state index contributed by atoms with van der Waals surface area (Å²) in [6, 6.07) is 12.1. The third-order valence-corrected chi connectivity index (χ3v) is 2.62. The van der Waals surface area contributed by atoms with E-state index in [1.54, 1.807) is 36.4 Å². The van der Waals surface area contributed by atoms with Crippen LogP contribution >= 0.6 is 11.6 Å². The minimum absolute atomic E-state index is 0.215. The predicted octanol–water partition coefficient (Wildman–Crippen LogP) is 4.07. The summed E-state index contributed by atoms with van der Waals surface area (Å²) >= 11 is 5.85. The van der Waals surface area contributed by atoms with Gasteiger partial charge in [-0.25, -0.2) is 4.98 Å². The summed E-state index contributed by atoms with van der Waals surface area (Å²) in [5.74, 6) is -0.215. The van der Waals surface area contributed by atoms with Crippen molar-refractivity contribution in [3.63, 3.8) is 0 Å². The number of aromatic nitrogens is 1. The number of carbonyl (C=O) groups is 1. The molecule has 19 heavy (non-hydrogen) atoms. The van der Waals surface area contributed by atoms with Gasteiger partial charge in [0.2, 0.25) is 5.78 Å². The summed E-state index contributed by atoms with van der Waals surface area (Å²) in [5, 5.41) is 8.15. The van der Waals surface area contributed by atoms with Gasteiger partial charge < -0.3 is 0 Å². The molecule has 96 valence electrons. The first-order valence-corrected chi connectivity index (χ1v) is 6.24. The van der Waals surface area contributed by atoms with Gasteiger partial charge in [-0.15, -0.1) is 0 Å². The maximum absolute atomic E-state index is 12.4. The van der Waals surface area contributed by atoms with E-state index in [0.29, 0.717) is 17.8 Å². The van der Waals surface area contributed by atoms with E-state index < -0.39 is 0 Å². The summed E-state index contributed by atoms with van der Waals surface area (Å²) in [5.41, 5.74) is 1.20. The van der Waals surface area contributed by atoms with E-state index >= 15 is 0 Å². The standard InChI is InChI=1S/C14H12ClN3O/c1-2-16-18-11-8-9-12(15)17-13(11)14(19)10-6-4-3-5-7-10/h3-9H,2H2,1H3. The molecule has 0 aliphatic carbocycles. The highest BCUT2D eigenvalue weighted by atomic mass is 35.5. The fraction of sp³-hybridized carbons (Fsp3) is 0.143. The molecule has 1 heterocycles. The smallest absolute Gasteiger partial charge is 0.213 e. The monoisotopic (exact) mass is 273 g/mol. The zero-order chi connectivity index (χ0) is 13.7. The molecule has 0 atom stereocenters. The van der Waals surface area contributed by atoms with Crippen molar-refractivity contribution in [3.8, 4) is 0 Å². The summed E-state index contributed by atoms with van der Waals surface area (Å²) in [4.78, 5) is 16.4. The van der Waals surface area contributed by atoms with Crippen molar-refractivity contribution >= 4 is 23.1 Å². The van der Waals surface area contributed by atoms with Gasteiger partial charge >= 0.3 is 0 Å². The number of hydrogen-bond acceptors (Lipinski definition) is 4. The van der Waals surface area contributed by atoms with E-state index in [9.17, 15) is 4.79 Å². The summed E-state index contributed by atoms with van der Waals surface area (Å²) in [7, 11) is 0. The maximum Gasteiger partial charge on any atom is 0.213 e. The zero-order valence-corrected chi connectivity index (χ0v) is 11.1. The van der Waals surface area contributed by atoms with E-state index in [2.05, 4.69) is 15.2 Å². The molecule has 0 fully saturated rings. The molecule has 0 aliphatic heterocycles. The number of hydrogen-bond donors (Lipinski definition) is 0. The second-order valence-corrected chi connectivity index (χ2v) is 4.14. The third-order valence-electron chi connectivity index (χ3n) is 2.41. The molecule has 0 radical (unpaired) electrons. The molecule has 0 aliphatic rings. The first-order valence-electron chi connectivity index (χ1n) is 5.86. The highest BCUT2D eigenvalue weighted by molar-refractivity contribution is 6.29. The number of carbonyl (C=O) groups excluding carboxylic acids is 1. The average molecular weight is 274 g/mol. The Hall–Kier alpha value is -2.07. The van der Waals surface area contributed by atoms with Crippen LogP contribution in [0.15, 0.2) is 52.7 Å². The van der Waals surface area contributed by atoms with Gasteiger partial charge in [0, 0.05) is 5.56 Å². The molecule has 0 saturated carbocycles. The minimum atomic E-state index is -0.215. The maximum atomic E-state index is 12.4. The number of halogens is 1. The lowest BCUT2D eigenvalue weighted by molar-refractivity contribution is 0.103. The molecule has 2 rings (SSSR count). The Labute approximate surface area is 116 Å². The van der Waals surface area contributed by atoms with E-state index in [-0.39, 0.29) is 16.6 Å². The zero-order valence-electron chi connectivity index (χ0n) is 10.4. The number of ketones is 1. The topological polar surface area (TPSA) is 54.7 Å². The van der Waals surface area contributed by atoms with Crippen LogP contribution in [0.2, 0.25) is 5.15 Å². The van der Waals surface area contributed by atoms with Crippen molar-refractivity contribution in [1.82, 2.24) is 4.98 Å². The van der Waals surface area contributed by atoms with Crippen LogP contribution in [0.3, 0.4) is 0 Å². The van der Waals surface area contributed by atoms with E-state index in [4.69, 9.17) is 11.6 Å². The molecule has 0 saturated heterocycles. The van der Waals surface area contributed by atoms with Crippen molar-refractivity contribution in [1.29, 1.82) is 0 Å². The molecule has 1 aromatic carbocycles. The van der Waals surface area contributed by atoms with Gasteiger partial charge in [-0.05, 0) is 19.1 Å². The Morgan fingerprint density at radius 2 is 1.95 bits per heavy atom. The Kier molecular flexibility index (Phi) is 4.36. The molecule has 5 heteroatoms. The van der Waals surface area contributed by atoms with Crippen molar-refractivity contribution in [2.75, 3.05) is 6.54 Å². The highest BCUT2D eigenvalue weighted by Gasteiger charge is 2.15. The first kappa shape index (κ1) is 13.4. The van der Waals surface area contributed by atoms with Crippen LogP contribution in [0.1, 0.15) is 23.0 Å². The van der Waals surface area contributed by atoms with E-state index in [1.807, 2.05) is 13.0 Å². The molecule has 4 nitrogen and oxygen atoms in total. The Balaban J connectivity index is 2.46. The molecule has 0 N–H and O–H groups in total. The van der Waals surface area contributed by atoms with Crippen molar-refractivity contribution < 1.29 is 4.79 Å². The first-order chi connectivity index (χ1) is 9.22. The molecule has 0 amide bonds. The van der Waals surface area contributed by atoms with E-state index in [1.165, 1.54) is 0 Å². The van der Waals surface area contributed by atoms with Crippen LogP contribution in [-0.4, -0.2) is 17.3 Å². The molecule has 0 bridgehead atoms. The molecule has 0 spiro atoms. The lowest BCUT2D eigenvalue weighted by atomic mass is 10.1. The average Bonchev–Trinajstić information content (AvgIpc) is 2.46. The predicted molar refractivity (Wildman–Crippen MR) is 74.2 cm³/mol. The van der Waals surface area contributed by atoms with Crippen molar-refractivity contribution in [2.24, 2.45) is 10.2 Å². The Morgan fingerprint density at radius 3 is 2.63 bits per heavy atom. The van der Waals surface area contributed by atoms with Gasteiger partial charge in [0.05, 0.1) is 6.54 Å². The molecule has 0 unspecified atom stereocenters. The summed E-state index contributed by atoms with van der Waals surface area (Å²) in [6.45, 7) is 2.41. The van der Waals surface area contributed by atoms with E-state index in [0.717, 1.165) is 0 Å². The molecule has 1 aromatic heterocycles. The SMILES string of the molecule is CCN=Nc1ccc(Cl)nc1C(=O)c1ccccc1. The fourth-order valence-corrected chi connectivity index (χ4v) is 1.70. The third kappa shape index (κ3) is 3.23. The van der Waals surface area contributed by atoms with Crippen LogP contribution in [0, 0.1) is 0 Å². The number of azo groups is 1. The number of benzene rings is 1. The second-order valence-electron chi connectivity index (χ2n) is 3.75. The van der Waals surface area contributed by atoms with Crippen LogP contribution in [0.25, 0.3) is 0 Å². The van der Waals surface area contributed by atoms with Gasteiger partial charge in [0.1, 0.15) is 16.5 Å². The fourth-order valence-electron chi connectivity index (χ4n) is 1.55. The van der Waals surface area contributed by atoms with Gasteiger partial charge in [0.15, 0.2) is 0 Å². The number of rotatable bonds is 4. The second kappa shape index (κ2) is 6.20. The van der Waals surface area contributed by atoms with Gasteiger partial charge in [0.25, 0.3) is 0 Å². The quantitative estimate of drug-likeness (QED) is 0.479. The molecular formula is C14H12ClN3O. The summed E-state index contributed by atoms with van der Waals surface area (Å²) in [6.07, 6.45) is 0.